The predicted molar refractivity (Wildman–Crippen MR) is 245 cm³/mol. The molecule has 272 valence electrons. The Morgan fingerprint density at radius 1 is 0.259 bits per heavy atom. The molecule has 11 aromatic rings. The monoisotopic (exact) mass is 739 g/mol. The average molecular weight is 740 g/mol. The minimum Gasteiger partial charge on any atom is -0.456 e. The first-order chi connectivity index (χ1) is 28.7. The quantitative estimate of drug-likeness (QED) is 0.151. The Morgan fingerprint density at radius 3 is 1.48 bits per heavy atom. The van der Waals surface area contributed by atoms with Gasteiger partial charge in [-0.1, -0.05) is 164 Å². The standard InChI is InChI=1S/C56H37NO/c1-2-10-44-34-46(22-20-38(44)8-1)42-26-30-51(31-27-42)57(52-32-33-54-47(36-52)23-21-43-9-3-5-14-53(43)54)50-28-24-40(25-29-50)39-16-18-41(19-17-39)45-12-7-13-48(35-45)56-37-49-11-4-6-15-55(49)58-56/h1-37H. The largest absolute Gasteiger partial charge is 0.456 e. The highest BCUT2D eigenvalue weighted by Crippen LogP contribution is 2.40. The Labute approximate surface area is 337 Å². The van der Waals surface area contributed by atoms with E-state index in [9.17, 15) is 0 Å². The summed E-state index contributed by atoms with van der Waals surface area (Å²) in [6.07, 6.45) is 0. The number of furan rings is 1. The van der Waals surface area contributed by atoms with Gasteiger partial charge in [0.25, 0.3) is 0 Å². The molecule has 58 heavy (non-hydrogen) atoms. The van der Waals surface area contributed by atoms with Crippen molar-refractivity contribution in [3.8, 4) is 44.7 Å². The molecule has 0 bridgehead atoms. The van der Waals surface area contributed by atoms with Gasteiger partial charge >= 0.3 is 0 Å². The van der Waals surface area contributed by atoms with E-state index in [2.05, 4.69) is 211 Å². The summed E-state index contributed by atoms with van der Waals surface area (Å²) in [4.78, 5) is 2.36. The van der Waals surface area contributed by atoms with Crippen molar-refractivity contribution in [2.45, 2.75) is 0 Å². The van der Waals surface area contributed by atoms with E-state index in [-0.39, 0.29) is 0 Å². The topological polar surface area (TPSA) is 16.4 Å². The maximum Gasteiger partial charge on any atom is 0.135 e. The van der Waals surface area contributed by atoms with Crippen molar-refractivity contribution in [3.05, 3.63) is 224 Å². The molecule has 10 aromatic carbocycles. The molecule has 0 unspecified atom stereocenters. The van der Waals surface area contributed by atoms with Crippen LogP contribution in [0.25, 0.3) is 88.0 Å². The van der Waals surface area contributed by atoms with Crippen molar-refractivity contribution < 1.29 is 4.42 Å². The predicted octanol–water partition coefficient (Wildman–Crippen LogP) is 16.0. The number of fused-ring (bicyclic) bond motifs is 5. The smallest absolute Gasteiger partial charge is 0.135 e. The molecule has 0 aliphatic rings. The second-order valence-electron chi connectivity index (χ2n) is 15.0. The third-order valence-electron chi connectivity index (χ3n) is 11.4. The Bertz CT molecular complexity index is 3230. The third-order valence-corrected chi connectivity index (χ3v) is 11.4. The van der Waals surface area contributed by atoms with Crippen molar-refractivity contribution in [1.82, 2.24) is 0 Å². The molecule has 0 N–H and O–H groups in total. The molecule has 0 spiro atoms. The maximum absolute atomic E-state index is 6.17. The number of para-hydroxylation sites is 1. The van der Waals surface area contributed by atoms with E-state index in [1.165, 1.54) is 60.1 Å². The Morgan fingerprint density at radius 2 is 0.759 bits per heavy atom. The summed E-state index contributed by atoms with van der Waals surface area (Å²) in [6, 6.07) is 80.8. The van der Waals surface area contributed by atoms with Crippen molar-refractivity contribution >= 4 is 60.3 Å². The zero-order valence-electron chi connectivity index (χ0n) is 31.7. The first-order valence-electron chi connectivity index (χ1n) is 19.8. The van der Waals surface area contributed by atoms with Crippen LogP contribution in [0.4, 0.5) is 17.1 Å². The van der Waals surface area contributed by atoms with Crippen LogP contribution < -0.4 is 4.90 Å². The minimum absolute atomic E-state index is 0.881. The third kappa shape index (κ3) is 6.18. The highest BCUT2D eigenvalue weighted by Gasteiger charge is 2.15. The van der Waals surface area contributed by atoms with Crippen LogP contribution in [0.15, 0.2) is 229 Å². The van der Waals surface area contributed by atoms with Crippen molar-refractivity contribution in [3.63, 3.8) is 0 Å². The van der Waals surface area contributed by atoms with E-state index in [4.69, 9.17) is 4.42 Å². The molecule has 1 heterocycles. The van der Waals surface area contributed by atoms with E-state index in [1.54, 1.807) is 0 Å². The van der Waals surface area contributed by atoms with Gasteiger partial charge in [0, 0.05) is 28.0 Å². The van der Waals surface area contributed by atoms with Gasteiger partial charge in [0.15, 0.2) is 0 Å². The maximum atomic E-state index is 6.17. The van der Waals surface area contributed by atoms with Gasteiger partial charge in [0.2, 0.25) is 0 Å². The van der Waals surface area contributed by atoms with E-state index in [0.717, 1.165) is 44.9 Å². The molecule has 0 fully saturated rings. The first-order valence-corrected chi connectivity index (χ1v) is 19.8. The lowest BCUT2D eigenvalue weighted by molar-refractivity contribution is 0.631. The van der Waals surface area contributed by atoms with Crippen LogP contribution in [0.1, 0.15) is 0 Å². The SMILES string of the molecule is c1cc(-c2ccc(-c3ccc(N(c4ccc(-c5ccc6ccccc6c5)cc4)c4ccc5c(ccc6ccccc65)c4)cc3)cc2)cc(-c2cc3ccccc3o2)c1. The Kier molecular flexibility index (Phi) is 8.19. The lowest BCUT2D eigenvalue weighted by atomic mass is 9.98. The lowest BCUT2D eigenvalue weighted by Crippen LogP contribution is -2.09. The zero-order chi connectivity index (χ0) is 38.4. The van der Waals surface area contributed by atoms with Crippen LogP contribution in [0.2, 0.25) is 0 Å². The van der Waals surface area contributed by atoms with Gasteiger partial charge < -0.3 is 9.32 Å². The van der Waals surface area contributed by atoms with Crippen LogP contribution in [-0.4, -0.2) is 0 Å². The summed E-state index contributed by atoms with van der Waals surface area (Å²) in [7, 11) is 0. The van der Waals surface area contributed by atoms with E-state index < -0.39 is 0 Å². The zero-order valence-corrected chi connectivity index (χ0v) is 31.7. The number of hydrogen-bond donors (Lipinski definition) is 0. The van der Waals surface area contributed by atoms with Gasteiger partial charge in [-0.15, -0.1) is 0 Å². The molecule has 11 rings (SSSR count). The van der Waals surface area contributed by atoms with E-state index in [1.807, 2.05) is 18.2 Å². The first kappa shape index (κ1) is 33.6. The van der Waals surface area contributed by atoms with Gasteiger partial charge in [-0.2, -0.15) is 0 Å². The molecule has 1 aromatic heterocycles. The van der Waals surface area contributed by atoms with Crippen molar-refractivity contribution in [2.75, 3.05) is 4.90 Å². The molecule has 0 radical (unpaired) electrons. The molecule has 2 nitrogen and oxygen atoms in total. The molecule has 2 heteroatoms. The van der Waals surface area contributed by atoms with Gasteiger partial charge in [-0.05, 0) is 126 Å². The van der Waals surface area contributed by atoms with Gasteiger partial charge in [0.05, 0.1) is 0 Å². The number of benzene rings is 10. The normalized spacial score (nSPS) is 11.4. The lowest BCUT2D eigenvalue weighted by Gasteiger charge is -2.26. The molecular weight excluding hydrogens is 703 g/mol. The van der Waals surface area contributed by atoms with Crippen LogP contribution in [0.3, 0.4) is 0 Å². The average Bonchev–Trinajstić information content (AvgIpc) is 3.74. The molecule has 0 aliphatic heterocycles. The van der Waals surface area contributed by atoms with Gasteiger partial charge in [-0.25, -0.2) is 0 Å². The summed E-state index contributed by atoms with van der Waals surface area (Å²) in [5.74, 6) is 0.881. The fourth-order valence-electron chi connectivity index (χ4n) is 8.39. The molecular formula is C56H37NO. The van der Waals surface area contributed by atoms with Crippen LogP contribution in [0, 0.1) is 0 Å². The van der Waals surface area contributed by atoms with E-state index in [0.29, 0.717) is 0 Å². The van der Waals surface area contributed by atoms with Gasteiger partial charge in [0.1, 0.15) is 11.3 Å². The minimum atomic E-state index is 0.881. The fraction of sp³-hybridized carbons (Fsp3) is 0. The molecule has 0 saturated heterocycles. The van der Waals surface area contributed by atoms with E-state index >= 15 is 0 Å². The summed E-state index contributed by atoms with van der Waals surface area (Å²) in [5.41, 5.74) is 12.4. The summed E-state index contributed by atoms with van der Waals surface area (Å²) in [5, 5.41) is 8.61. The van der Waals surface area contributed by atoms with Crippen LogP contribution >= 0.6 is 0 Å². The summed E-state index contributed by atoms with van der Waals surface area (Å²) in [6.45, 7) is 0. The fourth-order valence-corrected chi connectivity index (χ4v) is 8.39. The van der Waals surface area contributed by atoms with Crippen molar-refractivity contribution in [1.29, 1.82) is 0 Å². The second-order valence-corrected chi connectivity index (χ2v) is 15.0. The Balaban J connectivity index is 0.921. The number of rotatable bonds is 7. The molecule has 0 aliphatic carbocycles. The number of nitrogens with zero attached hydrogens (tertiary/aromatic N) is 1. The summed E-state index contributed by atoms with van der Waals surface area (Å²) >= 11 is 0. The molecule has 0 amide bonds. The summed E-state index contributed by atoms with van der Waals surface area (Å²) < 4.78 is 6.17. The van der Waals surface area contributed by atoms with Crippen LogP contribution in [-0.2, 0) is 0 Å². The Hall–Kier alpha value is -7.68. The van der Waals surface area contributed by atoms with Gasteiger partial charge in [-0.3, -0.25) is 0 Å². The number of anilines is 3. The highest BCUT2D eigenvalue weighted by molar-refractivity contribution is 6.08. The van der Waals surface area contributed by atoms with Crippen LogP contribution in [0.5, 0.6) is 0 Å². The van der Waals surface area contributed by atoms with Crippen molar-refractivity contribution in [2.24, 2.45) is 0 Å². The molecule has 0 saturated carbocycles. The number of hydrogen-bond acceptors (Lipinski definition) is 2. The second kappa shape index (κ2) is 14.1. The highest BCUT2D eigenvalue weighted by atomic mass is 16.3. The molecule has 0 atom stereocenters.